The predicted molar refractivity (Wildman–Crippen MR) is 103 cm³/mol. The van der Waals surface area contributed by atoms with Crippen LogP contribution in [0.15, 0.2) is 52.4 Å². The van der Waals surface area contributed by atoms with E-state index in [2.05, 4.69) is 32.0 Å². The van der Waals surface area contributed by atoms with E-state index in [9.17, 15) is 4.79 Å². The summed E-state index contributed by atoms with van der Waals surface area (Å²) in [5.74, 6) is 0.761. The summed E-state index contributed by atoms with van der Waals surface area (Å²) in [6.45, 7) is 4.71. The average molecular weight is 354 g/mol. The molecular weight excluding hydrogens is 332 g/mol. The van der Waals surface area contributed by atoms with Crippen molar-refractivity contribution in [3.63, 3.8) is 0 Å². The van der Waals surface area contributed by atoms with Crippen molar-refractivity contribution in [1.29, 1.82) is 0 Å². The largest absolute Gasteiger partial charge is 0.396 e. The number of benzene rings is 2. The minimum atomic E-state index is -0.0393. The maximum Gasteiger partial charge on any atom is 0.262 e. The Labute approximate surface area is 151 Å². The molecule has 3 aromatic rings. The van der Waals surface area contributed by atoms with Crippen LogP contribution in [0.4, 0.5) is 0 Å². The number of aryl methyl sites for hydroxylation is 2. The van der Waals surface area contributed by atoms with E-state index in [1.54, 1.807) is 22.4 Å². The topological polar surface area (TPSA) is 55.1 Å². The Morgan fingerprint density at radius 1 is 1.16 bits per heavy atom. The molecule has 0 spiro atoms. The Hall–Kier alpha value is -2.11. The van der Waals surface area contributed by atoms with Crippen LogP contribution in [0, 0.1) is 13.8 Å². The minimum absolute atomic E-state index is 0.0393. The number of para-hydroxylation sites is 1. The van der Waals surface area contributed by atoms with Crippen molar-refractivity contribution in [2.24, 2.45) is 0 Å². The summed E-state index contributed by atoms with van der Waals surface area (Å²) in [6, 6.07) is 13.8. The van der Waals surface area contributed by atoms with Crippen molar-refractivity contribution < 1.29 is 5.11 Å². The van der Waals surface area contributed by atoms with Crippen LogP contribution >= 0.6 is 11.8 Å². The second-order valence-corrected chi connectivity index (χ2v) is 7.11. The van der Waals surface area contributed by atoms with Gasteiger partial charge in [0.05, 0.1) is 10.9 Å². The van der Waals surface area contributed by atoms with Crippen molar-refractivity contribution in [3.05, 3.63) is 69.5 Å². The molecule has 5 heteroatoms. The SMILES string of the molecule is Cc1ccc(C)c(CSc2nc3ccccc3c(=O)n2CCCO)c1. The Morgan fingerprint density at radius 3 is 2.76 bits per heavy atom. The highest BCUT2D eigenvalue weighted by Gasteiger charge is 2.12. The van der Waals surface area contributed by atoms with Crippen LogP contribution in [0.5, 0.6) is 0 Å². The maximum absolute atomic E-state index is 12.8. The molecule has 0 aliphatic carbocycles. The molecule has 2 aromatic carbocycles. The summed E-state index contributed by atoms with van der Waals surface area (Å²) >= 11 is 1.57. The third kappa shape index (κ3) is 3.94. The molecule has 0 unspecified atom stereocenters. The lowest BCUT2D eigenvalue weighted by molar-refractivity contribution is 0.276. The number of thioether (sulfide) groups is 1. The van der Waals surface area contributed by atoms with Crippen LogP contribution in [0.25, 0.3) is 10.9 Å². The minimum Gasteiger partial charge on any atom is -0.396 e. The Bertz CT molecular complexity index is 950. The van der Waals surface area contributed by atoms with Gasteiger partial charge in [0, 0.05) is 18.9 Å². The first kappa shape index (κ1) is 17.7. The number of nitrogens with zero attached hydrogens (tertiary/aromatic N) is 2. The van der Waals surface area contributed by atoms with E-state index in [1.807, 2.05) is 18.2 Å². The van der Waals surface area contributed by atoms with Crippen molar-refractivity contribution >= 4 is 22.7 Å². The van der Waals surface area contributed by atoms with Gasteiger partial charge in [-0.3, -0.25) is 9.36 Å². The first-order chi connectivity index (χ1) is 12.1. The molecule has 1 heterocycles. The Morgan fingerprint density at radius 2 is 1.96 bits per heavy atom. The molecule has 1 aromatic heterocycles. The lowest BCUT2D eigenvalue weighted by Crippen LogP contribution is -2.24. The molecule has 25 heavy (non-hydrogen) atoms. The normalized spacial score (nSPS) is 11.2. The van der Waals surface area contributed by atoms with Crippen molar-refractivity contribution in [3.8, 4) is 0 Å². The van der Waals surface area contributed by atoms with Crippen LogP contribution < -0.4 is 5.56 Å². The zero-order valence-corrected chi connectivity index (χ0v) is 15.3. The molecule has 0 fully saturated rings. The number of aliphatic hydroxyl groups is 1. The summed E-state index contributed by atoms with van der Waals surface area (Å²) in [7, 11) is 0. The number of aromatic nitrogens is 2. The predicted octanol–water partition coefficient (Wildman–Crippen LogP) is 3.69. The summed E-state index contributed by atoms with van der Waals surface area (Å²) in [6.07, 6.45) is 0.539. The van der Waals surface area contributed by atoms with Crippen LogP contribution in [0.1, 0.15) is 23.1 Å². The summed E-state index contributed by atoms with van der Waals surface area (Å²) < 4.78 is 1.69. The number of rotatable bonds is 6. The first-order valence-corrected chi connectivity index (χ1v) is 9.38. The second-order valence-electron chi connectivity index (χ2n) is 6.16. The van der Waals surface area contributed by atoms with Crippen molar-refractivity contribution in [2.45, 2.75) is 37.7 Å². The van der Waals surface area contributed by atoms with Gasteiger partial charge in [0.1, 0.15) is 0 Å². The Kier molecular flexibility index (Phi) is 5.56. The van der Waals surface area contributed by atoms with Crippen LogP contribution in [-0.4, -0.2) is 21.3 Å². The highest BCUT2D eigenvalue weighted by Crippen LogP contribution is 2.24. The molecule has 130 valence electrons. The molecule has 0 atom stereocenters. The lowest BCUT2D eigenvalue weighted by atomic mass is 10.1. The van der Waals surface area contributed by atoms with E-state index in [1.165, 1.54) is 16.7 Å². The van der Waals surface area contributed by atoms with E-state index in [0.29, 0.717) is 23.5 Å². The number of aliphatic hydroxyl groups excluding tert-OH is 1. The van der Waals surface area contributed by atoms with Gasteiger partial charge < -0.3 is 5.11 Å². The van der Waals surface area contributed by atoms with Crippen LogP contribution in [0.3, 0.4) is 0 Å². The van der Waals surface area contributed by atoms with Crippen molar-refractivity contribution in [1.82, 2.24) is 9.55 Å². The van der Waals surface area contributed by atoms with Gasteiger partial charge in [-0.25, -0.2) is 4.98 Å². The van der Waals surface area contributed by atoms with Gasteiger partial charge in [-0.15, -0.1) is 0 Å². The van der Waals surface area contributed by atoms with Gasteiger partial charge in [0.15, 0.2) is 5.16 Å². The molecule has 0 radical (unpaired) electrons. The molecule has 0 saturated carbocycles. The van der Waals surface area contributed by atoms with E-state index < -0.39 is 0 Å². The lowest BCUT2D eigenvalue weighted by Gasteiger charge is -2.13. The zero-order valence-electron chi connectivity index (χ0n) is 14.5. The van der Waals surface area contributed by atoms with Gasteiger partial charge in [0.25, 0.3) is 5.56 Å². The Balaban J connectivity index is 1.98. The van der Waals surface area contributed by atoms with E-state index in [0.717, 1.165) is 11.3 Å². The van der Waals surface area contributed by atoms with Gasteiger partial charge in [-0.2, -0.15) is 0 Å². The van der Waals surface area contributed by atoms with Crippen LogP contribution in [0.2, 0.25) is 0 Å². The molecule has 1 N–H and O–H groups in total. The van der Waals surface area contributed by atoms with Gasteiger partial charge in [0.2, 0.25) is 0 Å². The van der Waals surface area contributed by atoms with E-state index in [4.69, 9.17) is 10.1 Å². The summed E-state index contributed by atoms with van der Waals surface area (Å²) in [4.78, 5) is 17.5. The highest BCUT2D eigenvalue weighted by atomic mass is 32.2. The van der Waals surface area contributed by atoms with Gasteiger partial charge in [-0.05, 0) is 43.5 Å². The molecular formula is C20H22N2O2S. The molecule has 0 aliphatic heterocycles. The highest BCUT2D eigenvalue weighted by molar-refractivity contribution is 7.98. The zero-order chi connectivity index (χ0) is 17.8. The summed E-state index contributed by atoms with van der Waals surface area (Å²) in [5.41, 5.74) is 4.40. The second kappa shape index (κ2) is 7.85. The van der Waals surface area contributed by atoms with Gasteiger partial charge in [-0.1, -0.05) is 47.7 Å². The fraction of sp³-hybridized carbons (Fsp3) is 0.300. The fourth-order valence-electron chi connectivity index (χ4n) is 2.78. The molecule has 0 saturated heterocycles. The monoisotopic (exact) mass is 354 g/mol. The average Bonchev–Trinajstić information content (AvgIpc) is 2.62. The third-order valence-corrected chi connectivity index (χ3v) is 5.25. The van der Waals surface area contributed by atoms with E-state index >= 15 is 0 Å². The molecule has 0 amide bonds. The number of fused-ring (bicyclic) bond motifs is 1. The number of hydrogen-bond donors (Lipinski definition) is 1. The fourth-order valence-corrected chi connectivity index (χ4v) is 3.87. The first-order valence-electron chi connectivity index (χ1n) is 8.39. The van der Waals surface area contributed by atoms with Gasteiger partial charge >= 0.3 is 0 Å². The quantitative estimate of drug-likeness (QED) is 0.542. The van der Waals surface area contributed by atoms with Crippen molar-refractivity contribution in [2.75, 3.05) is 6.61 Å². The smallest absolute Gasteiger partial charge is 0.262 e. The third-order valence-electron chi connectivity index (χ3n) is 4.23. The standard InChI is InChI=1S/C20H22N2O2S/c1-14-8-9-15(2)16(12-14)13-25-20-21-18-7-4-3-6-17(18)19(24)22(20)10-5-11-23/h3-4,6-9,12,23H,5,10-11,13H2,1-2H3. The maximum atomic E-state index is 12.8. The number of hydrogen-bond acceptors (Lipinski definition) is 4. The molecule has 0 aliphatic rings. The van der Waals surface area contributed by atoms with E-state index in [-0.39, 0.29) is 12.2 Å². The molecule has 3 rings (SSSR count). The molecule has 4 nitrogen and oxygen atoms in total. The molecule has 0 bridgehead atoms. The summed E-state index contributed by atoms with van der Waals surface area (Å²) in [5, 5.41) is 10.5. The van der Waals surface area contributed by atoms with Crippen LogP contribution in [-0.2, 0) is 12.3 Å².